The second-order valence-electron chi connectivity index (χ2n) is 0.492. The Morgan fingerprint density at radius 3 is 1.67 bits per heavy atom. The molecule has 0 unspecified atom stereocenters. The van der Waals surface area contributed by atoms with Gasteiger partial charge in [-0.25, -0.2) is 0 Å². The molecule has 2 nitrogen and oxygen atoms in total. The van der Waals surface area contributed by atoms with Crippen molar-refractivity contribution < 1.29 is 28.2 Å². The van der Waals surface area contributed by atoms with Crippen molar-refractivity contribution in [1.29, 1.82) is 0 Å². The van der Waals surface area contributed by atoms with E-state index in [1.165, 1.54) is 18.3 Å². The van der Waals surface area contributed by atoms with Gasteiger partial charge in [0.05, 0.1) is 0 Å². The first-order chi connectivity index (χ1) is 2.73. The zero-order valence-electron chi connectivity index (χ0n) is 4.02. The van der Waals surface area contributed by atoms with E-state index in [4.69, 9.17) is 9.90 Å². The number of carboxylic acid groups (broad SMARTS) is 1. The molecule has 0 saturated heterocycles. The quantitative estimate of drug-likeness (QED) is 0.418. The van der Waals surface area contributed by atoms with E-state index in [1.807, 2.05) is 0 Å². The zero-order valence-corrected chi connectivity index (χ0v) is 6.99. The van der Waals surface area contributed by atoms with Crippen molar-refractivity contribution in [3.05, 3.63) is 0 Å². The van der Waals surface area contributed by atoms with Crippen LogP contribution in [0.2, 0.25) is 5.52 Å². The monoisotopic (exact) mass is 138 g/mol. The third-order valence-electron chi connectivity index (χ3n) is 0. The molecule has 0 bridgehead atoms. The first kappa shape index (κ1) is 9.43. The fraction of sp³-hybridized carbons (Fsp3) is 0.667. The van der Waals surface area contributed by atoms with Gasteiger partial charge in [0.25, 0.3) is 0 Å². The number of carbonyl (C=O) groups excluding carboxylic acids is 1. The van der Waals surface area contributed by atoms with E-state index in [-0.39, 0.29) is 0 Å². The summed E-state index contributed by atoms with van der Waals surface area (Å²) in [5, 5.41) is 8.89. The summed E-state index contributed by atoms with van der Waals surface area (Å²) in [5.41, 5.74) is 2.12. The molecule has 0 aliphatic rings. The number of hydrogen-bond donors (Lipinski definition) is 0. The summed E-state index contributed by atoms with van der Waals surface area (Å²) in [6.45, 7) is 0.972. The van der Waals surface area contributed by atoms with Crippen molar-refractivity contribution in [3.63, 3.8) is 0 Å². The Bertz CT molecular complexity index is 31.8. The van der Waals surface area contributed by atoms with Crippen LogP contribution < -0.4 is 5.11 Å². The van der Waals surface area contributed by atoms with Crippen LogP contribution in [0, 0.1) is 0 Å². The third-order valence-corrected chi connectivity index (χ3v) is 0. The molecule has 0 rings (SSSR count). The van der Waals surface area contributed by atoms with Crippen LogP contribution in [0.15, 0.2) is 0 Å². The van der Waals surface area contributed by atoms with E-state index in [0.717, 1.165) is 6.92 Å². The van der Waals surface area contributed by atoms with Crippen LogP contribution in [0.1, 0.15) is 6.92 Å². The summed E-state index contributed by atoms with van der Waals surface area (Å²) in [6, 6.07) is 0. The molecule has 0 aromatic carbocycles. The van der Waals surface area contributed by atoms with Crippen LogP contribution in [0.3, 0.4) is 0 Å². The van der Waals surface area contributed by atoms with Gasteiger partial charge in [0.15, 0.2) is 0 Å². The van der Waals surface area contributed by atoms with Crippen molar-refractivity contribution in [2.45, 2.75) is 12.4 Å². The van der Waals surface area contributed by atoms with E-state index in [0.29, 0.717) is 0 Å². The summed E-state index contributed by atoms with van der Waals surface area (Å²) in [4.78, 5) is 8.89. The van der Waals surface area contributed by atoms with Gasteiger partial charge >= 0.3 is 23.8 Å². The molecule has 0 aliphatic carbocycles. The first-order valence-corrected chi connectivity index (χ1v) is 4.58. The molecule has 0 fully saturated rings. The Kier molecular flexibility index (Phi) is 14.0. The maximum atomic E-state index is 8.89. The SMILES string of the molecule is CC(=O)[O-].[CH3][Zn+]. The van der Waals surface area contributed by atoms with Crippen molar-refractivity contribution in [3.8, 4) is 0 Å². The minimum absolute atomic E-state index is 0.972. The molecule has 0 aromatic heterocycles. The number of carbonyl (C=O) groups is 1. The van der Waals surface area contributed by atoms with E-state index in [1.54, 1.807) is 0 Å². The molecule has 0 heterocycles. The predicted octanol–water partition coefficient (Wildman–Crippen LogP) is -0.663. The molecule has 0 atom stereocenters. The van der Waals surface area contributed by atoms with Crippen LogP contribution in [0.5, 0.6) is 0 Å². The van der Waals surface area contributed by atoms with Crippen LogP contribution >= 0.6 is 0 Å². The Balaban J connectivity index is 0. The molecule has 0 saturated carbocycles. The van der Waals surface area contributed by atoms with E-state index in [9.17, 15) is 0 Å². The zero-order chi connectivity index (χ0) is 5.58. The van der Waals surface area contributed by atoms with Gasteiger partial charge in [0.2, 0.25) is 0 Å². The first-order valence-electron chi connectivity index (χ1n) is 1.62. The molecule has 32 valence electrons. The molecule has 0 aromatic rings. The minimum atomic E-state index is -1.08. The summed E-state index contributed by atoms with van der Waals surface area (Å²) >= 11 is 1.38. The standard InChI is InChI=1S/C2H4O2.CH3.Zn/c1-2(3)4;;/h1H3,(H,3,4);1H3;/q;;+1/p-1. The molecular formula is C3H6O2Zn. The topological polar surface area (TPSA) is 40.1 Å². The number of rotatable bonds is 0. The number of hydrogen-bond acceptors (Lipinski definition) is 2. The summed E-state index contributed by atoms with van der Waals surface area (Å²) < 4.78 is 0. The predicted molar refractivity (Wildman–Crippen MR) is 16.5 cm³/mol. The second kappa shape index (κ2) is 8.92. The van der Waals surface area contributed by atoms with Crippen LogP contribution in [-0.2, 0) is 23.1 Å². The fourth-order valence-electron chi connectivity index (χ4n) is 0. The normalized spacial score (nSPS) is 5.33. The molecular weight excluding hydrogens is 133 g/mol. The second-order valence-corrected chi connectivity index (χ2v) is 0.492. The summed E-state index contributed by atoms with van der Waals surface area (Å²) in [5.74, 6) is -1.08. The average molecular weight is 139 g/mol. The van der Waals surface area contributed by atoms with Gasteiger partial charge in [0.1, 0.15) is 0 Å². The Labute approximate surface area is 47.2 Å². The van der Waals surface area contributed by atoms with Gasteiger partial charge in [0, 0.05) is 5.97 Å². The molecule has 0 radical (unpaired) electrons. The third kappa shape index (κ3) is 4490. The number of carboxylic acids is 1. The van der Waals surface area contributed by atoms with Gasteiger partial charge < -0.3 is 9.90 Å². The van der Waals surface area contributed by atoms with Crippen LogP contribution in [0.4, 0.5) is 0 Å². The molecule has 3 heteroatoms. The van der Waals surface area contributed by atoms with Crippen molar-refractivity contribution in [1.82, 2.24) is 0 Å². The molecule has 6 heavy (non-hydrogen) atoms. The van der Waals surface area contributed by atoms with E-state index in [2.05, 4.69) is 5.52 Å². The van der Waals surface area contributed by atoms with Gasteiger partial charge in [-0.3, -0.25) is 0 Å². The van der Waals surface area contributed by atoms with Crippen molar-refractivity contribution in [2.75, 3.05) is 0 Å². The van der Waals surface area contributed by atoms with Crippen molar-refractivity contribution in [2.24, 2.45) is 0 Å². The van der Waals surface area contributed by atoms with Crippen LogP contribution in [-0.4, -0.2) is 5.97 Å². The average Bonchev–Trinajstić information content (AvgIpc) is 1.41. The molecule has 0 spiro atoms. The molecule has 0 N–H and O–H groups in total. The van der Waals surface area contributed by atoms with E-state index < -0.39 is 5.97 Å². The summed E-state index contributed by atoms with van der Waals surface area (Å²) in [6.07, 6.45) is 0. The number of aliphatic carboxylic acids is 1. The van der Waals surface area contributed by atoms with Gasteiger partial charge in [-0.05, 0) is 6.92 Å². The Hall–Kier alpha value is 0.0934. The van der Waals surface area contributed by atoms with Gasteiger partial charge in [-0.1, -0.05) is 0 Å². The van der Waals surface area contributed by atoms with Crippen molar-refractivity contribution >= 4 is 5.97 Å². The molecule has 0 aliphatic heterocycles. The fourth-order valence-corrected chi connectivity index (χ4v) is 0. The summed E-state index contributed by atoms with van der Waals surface area (Å²) in [7, 11) is 0. The maximum absolute atomic E-state index is 8.89. The Morgan fingerprint density at radius 1 is 1.67 bits per heavy atom. The molecule has 0 amide bonds. The van der Waals surface area contributed by atoms with Gasteiger partial charge in [-0.2, -0.15) is 0 Å². The van der Waals surface area contributed by atoms with E-state index >= 15 is 0 Å². The Morgan fingerprint density at radius 2 is 1.67 bits per heavy atom. The van der Waals surface area contributed by atoms with Crippen LogP contribution in [0.25, 0.3) is 0 Å². The van der Waals surface area contributed by atoms with Gasteiger partial charge in [-0.15, -0.1) is 0 Å².